The summed E-state index contributed by atoms with van der Waals surface area (Å²) in [6.07, 6.45) is 4.09. The first-order valence-corrected chi connectivity index (χ1v) is 12.4. The Hall–Kier alpha value is -2.47. The summed E-state index contributed by atoms with van der Waals surface area (Å²) in [5.41, 5.74) is 4.67. The van der Waals surface area contributed by atoms with Crippen molar-refractivity contribution in [3.63, 3.8) is 0 Å². The zero-order valence-electron chi connectivity index (χ0n) is 20.2. The molecule has 3 atom stereocenters. The maximum Gasteiger partial charge on any atom is 0.316 e. The van der Waals surface area contributed by atoms with Crippen molar-refractivity contribution in [2.45, 2.75) is 56.3 Å². The molecule has 0 saturated carbocycles. The number of quaternary nitrogens is 1. The number of rotatable bonds is 7. The van der Waals surface area contributed by atoms with Crippen LogP contribution in [0.2, 0.25) is 0 Å². The molecule has 5 rings (SSSR count). The lowest BCUT2D eigenvalue weighted by molar-refractivity contribution is -0.961. The second-order valence-corrected chi connectivity index (χ2v) is 10.1. The zero-order valence-corrected chi connectivity index (χ0v) is 21.8. The minimum atomic E-state index is -0.607. The highest BCUT2D eigenvalue weighted by atomic mass is 79.9. The number of halogens is 1. The number of hydrogen-bond acceptors (Lipinski definition) is 3. The van der Waals surface area contributed by atoms with Crippen LogP contribution in [0.25, 0.3) is 11.1 Å². The molecule has 0 amide bonds. The van der Waals surface area contributed by atoms with Gasteiger partial charge in [0.15, 0.2) is 0 Å². The van der Waals surface area contributed by atoms with Crippen molar-refractivity contribution in [1.82, 2.24) is 0 Å². The van der Waals surface area contributed by atoms with Crippen LogP contribution in [0.4, 0.5) is 0 Å². The van der Waals surface area contributed by atoms with Gasteiger partial charge in [0.25, 0.3) is 0 Å². The van der Waals surface area contributed by atoms with Gasteiger partial charge >= 0.3 is 5.97 Å². The van der Waals surface area contributed by atoms with E-state index in [2.05, 4.69) is 55.6 Å². The van der Waals surface area contributed by atoms with Crippen LogP contribution in [0.15, 0.2) is 84.9 Å². The Morgan fingerprint density at radius 1 is 0.886 bits per heavy atom. The maximum absolute atomic E-state index is 12.9. The number of aliphatic hydroxyl groups excluding tert-OH is 1. The number of ether oxygens (including phenoxy) is 1. The Bertz CT molecular complexity index is 1090. The van der Waals surface area contributed by atoms with Crippen molar-refractivity contribution in [3.05, 3.63) is 96.1 Å². The van der Waals surface area contributed by atoms with E-state index in [1.165, 1.54) is 29.5 Å². The van der Waals surface area contributed by atoms with E-state index in [1.54, 1.807) is 0 Å². The summed E-state index contributed by atoms with van der Waals surface area (Å²) in [7, 11) is 2.38. The normalized spacial score (nSPS) is 25.9. The van der Waals surface area contributed by atoms with Gasteiger partial charge in [-0.15, -0.1) is 0 Å². The predicted molar refractivity (Wildman–Crippen MR) is 134 cm³/mol. The minimum absolute atomic E-state index is 0. The van der Waals surface area contributed by atoms with Gasteiger partial charge in [0.2, 0.25) is 0 Å². The van der Waals surface area contributed by atoms with Crippen LogP contribution in [0.1, 0.15) is 42.7 Å². The van der Waals surface area contributed by atoms with Crippen LogP contribution < -0.4 is 17.0 Å². The van der Waals surface area contributed by atoms with E-state index in [0.29, 0.717) is 12.1 Å². The zero-order chi connectivity index (χ0) is 23.5. The number of benzene rings is 3. The van der Waals surface area contributed by atoms with E-state index in [0.717, 1.165) is 29.4 Å². The molecule has 3 aromatic carbocycles. The number of aliphatic hydroxyl groups is 1. The molecular formula is C30H34BrNO3. The molecule has 2 aliphatic heterocycles. The van der Waals surface area contributed by atoms with Crippen molar-refractivity contribution in [2.24, 2.45) is 0 Å². The summed E-state index contributed by atoms with van der Waals surface area (Å²) >= 11 is 0. The highest BCUT2D eigenvalue weighted by molar-refractivity contribution is 5.78. The van der Waals surface area contributed by atoms with Gasteiger partial charge in [0.05, 0.1) is 25.7 Å². The molecule has 1 N–H and O–H groups in total. The molecule has 5 heteroatoms. The maximum atomic E-state index is 12.9. The third-order valence-corrected chi connectivity index (χ3v) is 8.11. The van der Waals surface area contributed by atoms with Crippen molar-refractivity contribution in [1.29, 1.82) is 0 Å². The van der Waals surface area contributed by atoms with Crippen molar-refractivity contribution < 1.29 is 36.1 Å². The van der Waals surface area contributed by atoms with Gasteiger partial charge < -0.3 is 31.3 Å². The van der Waals surface area contributed by atoms with Crippen LogP contribution >= 0.6 is 0 Å². The third-order valence-electron chi connectivity index (χ3n) is 8.11. The first-order valence-electron chi connectivity index (χ1n) is 12.4. The van der Waals surface area contributed by atoms with E-state index in [-0.39, 0.29) is 35.7 Å². The molecule has 3 aromatic rings. The molecule has 2 aliphatic rings. The largest absolute Gasteiger partial charge is 1.00 e. The van der Waals surface area contributed by atoms with Crippen LogP contribution in [-0.4, -0.2) is 47.4 Å². The number of carbonyl (C=O) groups excluding carboxylic acids is 1. The highest BCUT2D eigenvalue weighted by Crippen LogP contribution is 2.44. The van der Waals surface area contributed by atoms with Crippen LogP contribution in [0.5, 0.6) is 0 Å². The summed E-state index contributed by atoms with van der Waals surface area (Å²) in [6.45, 7) is 0.781. The molecule has 2 fully saturated rings. The molecule has 184 valence electrons. The Kier molecular flexibility index (Phi) is 8.10. The van der Waals surface area contributed by atoms with Crippen LogP contribution in [0, 0.1) is 0 Å². The average molecular weight is 537 g/mol. The standard InChI is InChI=1S/C30H34NO3.BrH/c1-31(20-22-12-14-24(15-13-22)23-8-4-2-5-9-23)26-16-17-27(31)19-28(18-26)34-30(33)29(21-32)25-10-6-3-7-11-25;/h2-15,26-29,32H,16-21H2,1H3;1H/q+1;/p-1/t26-,27-,28?,29?,31?;/m1./s1. The lowest BCUT2D eigenvalue weighted by Gasteiger charge is -2.47. The van der Waals surface area contributed by atoms with Gasteiger partial charge in [-0.2, -0.15) is 0 Å². The van der Waals surface area contributed by atoms with E-state index in [9.17, 15) is 9.90 Å². The second kappa shape index (κ2) is 11.1. The van der Waals surface area contributed by atoms with Gasteiger partial charge in [-0.05, 0) is 16.7 Å². The van der Waals surface area contributed by atoms with Crippen molar-refractivity contribution >= 4 is 5.97 Å². The molecule has 0 spiro atoms. The van der Waals surface area contributed by atoms with Gasteiger partial charge in [-0.3, -0.25) is 4.79 Å². The third kappa shape index (κ3) is 5.37. The molecular weight excluding hydrogens is 502 g/mol. The first-order chi connectivity index (χ1) is 16.6. The average Bonchev–Trinajstić information content (AvgIpc) is 3.02. The quantitative estimate of drug-likeness (QED) is 0.373. The Balaban J connectivity index is 0.00000289. The van der Waals surface area contributed by atoms with Gasteiger partial charge in [-0.1, -0.05) is 84.9 Å². The van der Waals surface area contributed by atoms with E-state index in [4.69, 9.17) is 4.74 Å². The lowest BCUT2D eigenvalue weighted by Crippen LogP contribution is -3.00. The van der Waals surface area contributed by atoms with Crippen molar-refractivity contribution in [2.75, 3.05) is 13.7 Å². The molecule has 2 heterocycles. The summed E-state index contributed by atoms with van der Waals surface area (Å²) in [5, 5.41) is 9.83. The van der Waals surface area contributed by atoms with Gasteiger partial charge in [-0.25, -0.2) is 0 Å². The number of nitrogens with zero attached hydrogens (tertiary/aromatic N) is 1. The van der Waals surface area contributed by atoms with Crippen molar-refractivity contribution in [3.8, 4) is 11.1 Å². The molecule has 0 radical (unpaired) electrons. The van der Waals surface area contributed by atoms with Gasteiger partial charge in [0.1, 0.15) is 18.6 Å². The number of carbonyl (C=O) groups is 1. The Labute approximate surface area is 218 Å². The van der Waals surface area contributed by atoms with E-state index in [1.807, 2.05) is 36.4 Å². The fourth-order valence-corrected chi connectivity index (χ4v) is 6.12. The van der Waals surface area contributed by atoms with Gasteiger partial charge in [0, 0.05) is 31.2 Å². The Morgan fingerprint density at radius 2 is 1.43 bits per heavy atom. The number of fused-ring (bicyclic) bond motifs is 2. The topological polar surface area (TPSA) is 46.5 Å². The molecule has 1 unspecified atom stereocenters. The molecule has 4 nitrogen and oxygen atoms in total. The summed E-state index contributed by atoms with van der Waals surface area (Å²) in [5.74, 6) is -0.907. The second-order valence-electron chi connectivity index (χ2n) is 10.1. The van der Waals surface area contributed by atoms with Crippen LogP contribution in [-0.2, 0) is 16.1 Å². The fraction of sp³-hybridized carbons (Fsp3) is 0.367. The molecule has 0 aliphatic carbocycles. The SMILES string of the molecule is C[N+]1(Cc2ccc(-c3ccccc3)cc2)[C@@H]2CC[C@@H]1CC(OC(=O)C(CO)c1ccccc1)C2.[Br-]. The van der Waals surface area contributed by atoms with E-state index >= 15 is 0 Å². The highest BCUT2D eigenvalue weighted by Gasteiger charge is 2.52. The van der Waals surface area contributed by atoms with E-state index < -0.39 is 5.92 Å². The summed E-state index contributed by atoms with van der Waals surface area (Å²) < 4.78 is 7.01. The molecule has 0 aromatic heterocycles. The summed E-state index contributed by atoms with van der Waals surface area (Å²) in [6, 6.07) is 29.9. The predicted octanol–water partition coefficient (Wildman–Crippen LogP) is 2.32. The molecule has 2 bridgehead atoms. The molecule has 35 heavy (non-hydrogen) atoms. The first kappa shape index (κ1) is 25.6. The molecule has 2 saturated heterocycles. The number of esters is 1. The Morgan fingerprint density at radius 3 is 2.00 bits per heavy atom. The smallest absolute Gasteiger partial charge is 0.316 e. The monoisotopic (exact) mass is 535 g/mol. The fourth-order valence-electron chi connectivity index (χ4n) is 6.12. The minimum Gasteiger partial charge on any atom is -1.00 e. The summed E-state index contributed by atoms with van der Waals surface area (Å²) in [4.78, 5) is 12.9. The number of piperidine rings is 1. The van der Waals surface area contributed by atoms with Crippen LogP contribution in [0.3, 0.4) is 0 Å². The number of hydrogen-bond donors (Lipinski definition) is 1. The lowest BCUT2D eigenvalue weighted by atomic mass is 9.94.